The highest BCUT2D eigenvalue weighted by molar-refractivity contribution is 9.08. The van der Waals surface area contributed by atoms with Crippen molar-refractivity contribution in [1.82, 2.24) is 19.7 Å². The minimum atomic E-state index is -0.297. The molecular formula is C38H49BrN4O4. The first-order chi connectivity index (χ1) is 22.4. The maximum absolute atomic E-state index is 13.8. The summed E-state index contributed by atoms with van der Waals surface area (Å²) < 4.78 is 22.2. The van der Waals surface area contributed by atoms with Gasteiger partial charge >= 0.3 is 5.97 Å². The summed E-state index contributed by atoms with van der Waals surface area (Å²) in [4.78, 5) is 13.8. The molecule has 5 rings (SSSR count). The van der Waals surface area contributed by atoms with Crippen molar-refractivity contribution >= 4 is 43.6 Å². The third kappa shape index (κ3) is 7.91. The van der Waals surface area contributed by atoms with E-state index in [1.54, 1.807) is 0 Å². The third-order valence-electron chi connectivity index (χ3n) is 8.23. The van der Waals surface area contributed by atoms with Gasteiger partial charge in [-0.05, 0) is 70.6 Å². The Kier molecular flexibility index (Phi) is 13.0. The number of hydrogen-bond donors (Lipinski definition) is 1. The maximum atomic E-state index is 13.8. The van der Waals surface area contributed by atoms with Gasteiger partial charge in [-0.15, -0.1) is 0 Å². The maximum Gasteiger partial charge on any atom is 0.355 e. The number of carbonyl (C=O) groups excluding carboxylic acids is 1. The molecule has 0 bridgehead atoms. The van der Waals surface area contributed by atoms with Gasteiger partial charge in [0.25, 0.3) is 0 Å². The number of fused-ring (bicyclic) bond motifs is 2. The molecule has 0 aliphatic rings. The van der Waals surface area contributed by atoms with Gasteiger partial charge in [-0.25, -0.2) is 4.79 Å². The van der Waals surface area contributed by atoms with Gasteiger partial charge in [0.1, 0.15) is 11.4 Å². The Hall–Kier alpha value is -3.66. The van der Waals surface area contributed by atoms with Crippen LogP contribution in [0.1, 0.15) is 68.5 Å². The molecule has 5 aromatic rings. The van der Waals surface area contributed by atoms with Crippen molar-refractivity contribution in [3.8, 4) is 16.9 Å². The van der Waals surface area contributed by atoms with Gasteiger partial charge in [-0.1, -0.05) is 78.0 Å². The first kappa shape index (κ1) is 36.2. The first-order valence-electron chi connectivity index (χ1n) is 16.2. The van der Waals surface area contributed by atoms with Gasteiger partial charge in [0.2, 0.25) is 0 Å². The molecule has 2 aromatic heterocycles. The quantitative estimate of drug-likeness (QED) is 0.0631. The van der Waals surface area contributed by atoms with Gasteiger partial charge in [0.15, 0.2) is 0 Å². The highest BCUT2D eigenvalue weighted by atomic mass is 79.9. The minimum absolute atomic E-state index is 0. The molecule has 0 unspecified atom stereocenters. The molecule has 0 amide bonds. The topological polar surface area (TPSA) is 79.5 Å². The number of nitrogens with zero attached hydrogens (tertiary/aromatic N) is 3. The summed E-state index contributed by atoms with van der Waals surface area (Å²) in [7, 11) is 3.92. The van der Waals surface area contributed by atoms with Gasteiger partial charge in [0, 0.05) is 40.8 Å². The summed E-state index contributed by atoms with van der Waals surface area (Å²) >= 11 is 3.72. The number of hydrogen-bond acceptors (Lipinski definition) is 6. The predicted octanol–water partition coefficient (Wildman–Crippen LogP) is 8.45. The zero-order valence-electron chi connectivity index (χ0n) is 27.6. The lowest BCUT2D eigenvalue weighted by Gasteiger charge is -2.15. The number of nitrogens with one attached hydrogen (secondary N) is 1. The van der Waals surface area contributed by atoms with Crippen molar-refractivity contribution in [2.75, 3.05) is 26.8 Å². The van der Waals surface area contributed by atoms with Crippen LogP contribution >= 0.6 is 15.9 Å². The van der Waals surface area contributed by atoms with Crippen LogP contribution in [0.15, 0.2) is 60.7 Å². The van der Waals surface area contributed by atoms with Gasteiger partial charge < -0.3 is 24.1 Å². The minimum Gasteiger partial charge on any atom is -0.493 e. The number of carbonyl (C=O) groups is 1. The van der Waals surface area contributed by atoms with E-state index >= 15 is 0 Å². The van der Waals surface area contributed by atoms with Crippen LogP contribution in [0.4, 0.5) is 0 Å². The fourth-order valence-corrected chi connectivity index (χ4v) is 6.83. The molecule has 47 heavy (non-hydrogen) atoms. The summed E-state index contributed by atoms with van der Waals surface area (Å²) in [6, 6.07) is 20.7. The van der Waals surface area contributed by atoms with Crippen molar-refractivity contribution < 1.29 is 19.0 Å². The molecule has 0 saturated carbocycles. The van der Waals surface area contributed by atoms with E-state index in [0.29, 0.717) is 43.8 Å². The average molecular weight is 706 g/mol. The molecule has 0 spiro atoms. The molecule has 3 aromatic carbocycles. The molecule has 8 nitrogen and oxygen atoms in total. The molecule has 2 heterocycles. The van der Waals surface area contributed by atoms with Crippen LogP contribution in [-0.2, 0) is 41.4 Å². The van der Waals surface area contributed by atoms with Crippen LogP contribution < -0.4 is 10.1 Å². The normalized spacial score (nSPS) is 11.4. The van der Waals surface area contributed by atoms with E-state index in [1.807, 2.05) is 63.8 Å². The molecule has 252 valence electrons. The van der Waals surface area contributed by atoms with E-state index < -0.39 is 0 Å². The number of alkyl halides is 1. The molecule has 0 aliphatic heterocycles. The summed E-state index contributed by atoms with van der Waals surface area (Å²) in [5.74, 6) is 0.574. The second kappa shape index (κ2) is 16.9. The van der Waals surface area contributed by atoms with E-state index in [9.17, 15) is 4.79 Å². The third-order valence-corrected chi connectivity index (χ3v) is 8.76. The second-order valence-corrected chi connectivity index (χ2v) is 12.2. The lowest BCUT2D eigenvalue weighted by atomic mass is 9.98. The number of benzene rings is 3. The van der Waals surface area contributed by atoms with Crippen molar-refractivity contribution in [3.05, 3.63) is 83.3 Å². The van der Waals surface area contributed by atoms with Crippen LogP contribution in [0.5, 0.6) is 5.75 Å². The van der Waals surface area contributed by atoms with E-state index in [1.165, 1.54) is 0 Å². The molecule has 0 fully saturated rings. The Morgan fingerprint density at radius 2 is 1.77 bits per heavy atom. The van der Waals surface area contributed by atoms with Crippen LogP contribution in [0.3, 0.4) is 0 Å². The van der Waals surface area contributed by atoms with Crippen LogP contribution in [0.25, 0.3) is 32.8 Å². The van der Waals surface area contributed by atoms with E-state index in [4.69, 9.17) is 19.3 Å². The molecule has 0 aliphatic carbocycles. The first-order valence-corrected chi connectivity index (χ1v) is 17.3. The number of aryl methyl sites for hydroxylation is 3. The summed E-state index contributed by atoms with van der Waals surface area (Å²) in [5, 5.41) is 12.1. The van der Waals surface area contributed by atoms with Gasteiger partial charge in [0.05, 0.1) is 42.8 Å². The summed E-state index contributed by atoms with van der Waals surface area (Å²) in [6.07, 6.45) is 2.33. The molecular weight excluding hydrogens is 656 g/mol. The molecule has 0 saturated heterocycles. The number of aromatic nitrogens is 3. The lowest BCUT2D eigenvalue weighted by molar-refractivity contribution is 0.0512. The molecule has 9 heteroatoms. The van der Waals surface area contributed by atoms with Crippen LogP contribution in [0, 0.1) is 0 Å². The van der Waals surface area contributed by atoms with E-state index in [2.05, 4.69) is 62.2 Å². The number of rotatable bonds is 16. The van der Waals surface area contributed by atoms with Crippen molar-refractivity contribution in [3.63, 3.8) is 0 Å². The van der Waals surface area contributed by atoms with Crippen LogP contribution in [-0.4, -0.2) is 53.2 Å². The monoisotopic (exact) mass is 704 g/mol. The Bertz CT molecular complexity index is 1790. The molecule has 0 radical (unpaired) electrons. The Morgan fingerprint density at radius 1 is 1.02 bits per heavy atom. The van der Waals surface area contributed by atoms with E-state index in [0.717, 1.165) is 74.9 Å². The lowest BCUT2D eigenvalue weighted by Crippen LogP contribution is -2.17. The molecule has 1 N–H and O–H groups in total. The summed E-state index contributed by atoms with van der Waals surface area (Å²) in [6.45, 7) is 8.63. The number of para-hydroxylation sites is 1. The standard InChI is InChI=1S/C37H45BrN4O4.CH4/c1-6-44-37(43)36-29(18-11-22-45-33-19-9-14-26-13-7-8-15-27(26)33)28-16-10-17-30(35(28)42(36)21-12-20-39-4)34-31(24-46-25(2)3)40-41(5)32(34)23-38;/h7-10,13-17,19,25,39H,6,11-12,18,20-24H2,1-5H3;1H4. The Morgan fingerprint density at radius 3 is 2.51 bits per heavy atom. The van der Waals surface area contributed by atoms with Crippen molar-refractivity contribution in [1.29, 1.82) is 0 Å². The van der Waals surface area contributed by atoms with Crippen molar-refractivity contribution in [2.45, 2.75) is 72.0 Å². The highest BCUT2D eigenvalue weighted by Crippen LogP contribution is 2.39. The fourth-order valence-electron chi connectivity index (χ4n) is 6.19. The highest BCUT2D eigenvalue weighted by Gasteiger charge is 2.28. The van der Waals surface area contributed by atoms with E-state index in [-0.39, 0.29) is 19.5 Å². The Labute approximate surface area is 287 Å². The zero-order valence-corrected chi connectivity index (χ0v) is 29.2. The zero-order chi connectivity index (χ0) is 32.6. The van der Waals surface area contributed by atoms with Crippen molar-refractivity contribution in [2.24, 2.45) is 7.05 Å². The SMILES string of the molecule is C.CCOC(=O)c1c(CCCOc2cccc3ccccc23)c2cccc(-c3c(COC(C)C)nn(C)c3CBr)c2n1CCCNC. The smallest absolute Gasteiger partial charge is 0.355 e. The predicted molar refractivity (Wildman–Crippen MR) is 196 cm³/mol. The molecule has 0 atom stereocenters. The largest absolute Gasteiger partial charge is 0.493 e. The van der Waals surface area contributed by atoms with Gasteiger partial charge in [-0.2, -0.15) is 5.10 Å². The fraction of sp³-hybridized carbons (Fsp3) is 0.421. The number of halogens is 1. The number of esters is 1. The second-order valence-electron chi connectivity index (χ2n) is 11.7. The Balaban J connectivity index is 0.00000500. The van der Waals surface area contributed by atoms with Crippen LogP contribution in [0.2, 0.25) is 0 Å². The average Bonchev–Trinajstić information content (AvgIpc) is 3.55. The summed E-state index contributed by atoms with van der Waals surface area (Å²) in [5.41, 5.74) is 6.65. The number of ether oxygens (including phenoxy) is 3. The van der Waals surface area contributed by atoms with Gasteiger partial charge in [-0.3, -0.25) is 4.68 Å².